The molecule has 0 radical (unpaired) electrons. The summed E-state index contributed by atoms with van der Waals surface area (Å²) in [6.07, 6.45) is 0. The first-order valence-electron chi connectivity index (χ1n) is 7.50. The summed E-state index contributed by atoms with van der Waals surface area (Å²) in [7, 11) is -3.88. The van der Waals surface area contributed by atoms with Crippen LogP contribution in [0, 0.1) is 5.82 Å². The molecular weight excluding hydrogens is 335 g/mol. The van der Waals surface area contributed by atoms with Gasteiger partial charge >= 0.3 is 0 Å². The van der Waals surface area contributed by atoms with Crippen molar-refractivity contribution < 1.29 is 12.8 Å². The minimum Gasteiger partial charge on any atom is -0.296 e. The van der Waals surface area contributed by atoms with Crippen LogP contribution < -0.4 is 4.72 Å². The molecule has 1 aromatic carbocycles. The summed E-state index contributed by atoms with van der Waals surface area (Å²) in [6, 6.07) is 7.32. The molecule has 1 atom stereocenters. The highest BCUT2D eigenvalue weighted by molar-refractivity contribution is 7.89. The third-order valence-electron chi connectivity index (χ3n) is 3.77. The fraction of sp³-hybridized carbons (Fsp3) is 0.375. The first-order valence-corrected chi connectivity index (χ1v) is 9.92. The summed E-state index contributed by atoms with van der Waals surface area (Å²) in [4.78, 5) is 1.86. The van der Waals surface area contributed by atoms with E-state index < -0.39 is 15.8 Å². The average molecular weight is 356 g/mol. The van der Waals surface area contributed by atoms with Crippen molar-refractivity contribution in [3.8, 4) is 0 Å². The molecule has 2 rings (SSSR count). The summed E-state index contributed by atoms with van der Waals surface area (Å²) in [5.74, 6) is -0.741. The SMILES string of the molecule is CCN(CC)[C@@H](CNS(=O)(=O)c1ccccc1F)c1ccsc1. The zero-order valence-electron chi connectivity index (χ0n) is 13.2. The standard InChI is InChI=1S/C16H21FN2O2S2/c1-3-19(4-2)15(13-9-10-22-12-13)11-18-23(20,21)16-8-6-5-7-14(16)17/h5-10,12,15,18H,3-4,11H2,1-2H3/t15-/m0/s1. The molecule has 0 bridgehead atoms. The molecule has 1 heterocycles. The van der Waals surface area contributed by atoms with Gasteiger partial charge in [0, 0.05) is 12.6 Å². The normalized spacial score (nSPS) is 13.4. The summed E-state index contributed by atoms with van der Waals surface area (Å²) >= 11 is 1.57. The van der Waals surface area contributed by atoms with Gasteiger partial charge in [-0.1, -0.05) is 26.0 Å². The number of rotatable bonds is 8. The van der Waals surface area contributed by atoms with Gasteiger partial charge in [0.05, 0.1) is 0 Å². The number of nitrogens with one attached hydrogen (secondary N) is 1. The van der Waals surface area contributed by atoms with Crippen LogP contribution in [-0.2, 0) is 10.0 Å². The summed E-state index contributed by atoms with van der Waals surface area (Å²) < 4.78 is 41.0. The average Bonchev–Trinajstić information content (AvgIpc) is 3.05. The van der Waals surface area contributed by atoms with Crippen molar-refractivity contribution in [3.63, 3.8) is 0 Å². The lowest BCUT2D eigenvalue weighted by molar-refractivity contribution is 0.220. The van der Waals surface area contributed by atoms with Crippen LogP contribution in [0.2, 0.25) is 0 Å². The van der Waals surface area contributed by atoms with Gasteiger partial charge in [-0.15, -0.1) is 0 Å². The lowest BCUT2D eigenvalue weighted by Crippen LogP contribution is -2.38. The third-order valence-corrected chi connectivity index (χ3v) is 5.93. The van der Waals surface area contributed by atoms with E-state index in [2.05, 4.69) is 9.62 Å². The smallest absolute Gasteiger partial charge is 0.243 e. The molecule has 0 saturated carbocycles. The Morgan fingerprint density at radius 2 is 1.91 bits per heavy atom. The molecule has 0 fully saturated rings. The van der Waals surface area contributed by atoms with Crippen LogP contribution in [0.4, 0.5) is 4.39 Å². The van der Waals surface area contributed by atoms with E-state index in [1.54, 1.807) is 11.3 Å². The lowest BCUT2D eigenvalue weighted by Gasteiger charge is -2.29. The molecule has 0 amide bonds. The number of benzene rings is 1. The van der Waals surface area contributed by atoms with Gasteiger partial charge in [-0.05, 0) is 47.6 Å². The molecule has 23 heavy (non-hydrogen) atoms. The summed E-state index contributed by atoms with van der Waals surface area (Å²) in [6.45, 7) is 5.88. The van der Waals surface area contributed by atoms with E-state index in [4.69, 9.17) is 0 Å². The minimum atomic E-state index is -3.88. The fourth-order valence-corrected chi connectivity index (χ4v) is 4.34. The van der Waals surface area contributed by atoms with Gasteiger partial charge in [0.2, 0.25) is 10.0 Å². The molecule has 0 saturated heterocycles. The molecule has 7 heteroatoms. The fourth-order valence-electron chi connectivity index (χ4n) is 2.52. The second-order valence-electron chi connectivity index (χ2n) is 5.08. The van der Waals surface area contributed by atoms with E-state index in [0.717, 1.165) is 24.7 Å². The van der Waals surface area contributed by atoms with Crippen molar-refractivity contribution in [1.29, 1.82) is 0 Å². The predicted octanol–water partition coefficient (Wildman–Crippen LogP) is 3.25. The van der Waals surface area contributed by atoms with E-state index in [1.165, 1.54) is 18.2 Å². The maximum Gasteiger partial charge on any atom is 0.243 e. The van der Waals surface area contributed by atoms with Crippen molar-refractivity contribution in [3.05, 3.63) is 52.5 Å². The van der Waals surface area contributed by atoms with Crippen molar-refractivity contribution in [1.82, 2.24) is 9.62 Å². The molecule has 0 aliphatic heterocycles. The molecule has 1 aromatic heterocycles. The number of hydrogen-bond acceptors (Lipinski definition) is 4. The molecular formula is C16H21FN2O2S2. The topological polar surface area (TPSA) is 49.4 Å². The van der Waals surface area contributed by atoms with Gasteiger partial charge in [-0.25, -0.2) is 17.5 Å². The van der Waals surface area contributed by atoms with Crippen LogP contribution in [0.15, 0.2) is 46.0 Å². The van der Waals surface area contributed by atoms with Gasteiger partial charge in [-0.2, -0.15) is 11.3 Å². The van der Waals surface area contributed by atoms with Gasteiger partial charge in [-0.3, -0.25) is 4.90 Å². The number of nitrogens with zero attached hydrogens (tertiary/aromatic N) is 1. The third kappa shape index (κ3) is 4.38. The van der Waals surface area contributed by atoms with Gasteiger partial charge in [0.25, 0.3) is 0 Å². The van der Waals surface area contributed by atoms with Crippen LogP contribution >= 0.6 is 11.3 Å². The Bertz CT molecular complexity index is 713. The van der Waals surface area contributed by atoms with Crippen molar-refractivity contribution in [2.75, 3.05) is 19.6 Å². The van der Waals surface area contributed by atoms with E-state index in [9.17, 15) is 12.8 Å². The molecule has 1 N–H and O–H groups in total. The largest absolute Gasteiger partial charge is 0.296 e. The molecule has 126 valence electrons. The Morgan fingerprint density at radius 1 is 1.22 bits per heavy atom. The van der Waals surface area contributed by atoms with Crippen LogP contribution in [0.1, 0.15) is 25.5 Å². The highest BCUT2D eigenvalue weighted by atomic mass is 32.2. The van der Waals surface area contributed by atoms with Gasteiger partial charge < -0.3 is 0 Å². The maximum absolute atomic E-state index is 13.7. The van der Waals surface area contributed by atoms with Crippen molar-refractivity contribution in [2.45, 2.75) is 24.8 Å². The van der Waals surface area contributed by atoms with E-state index in [-0.39, 0.29) is 17.5 Å². The second kappa shape index (κ2) is 8.01. The Morgan fingerprint density at radius 3 is 2.48 bits per heavy atom. The van der Waals surface area contributed by atoms with E-state index >= 15 is 0 Å². The first-order chi connectivity index (χ1) is 11.0. The summed E-state index contributed by atoms with van der Waals surface area (Å²) in [5.41, 5.74) is 1.06. The van der Waals surface area contributed by atoms with Crippen LogP contribution in [0.5, 0.6) is 0 Å². The number of halogens is 1. The molecule has 0 aliphatic rings. The van der Waals surface area contributed by atoms with Gasteiger partial charge in [0.1, 0.15) is 10.7 Å². The van der Waals surface area contributed by atoms with Crippen LogP contribution in [0.25, 0.3) is 0 Å². The van der Waals surface area contributed by atoms with E-state index in [1.807, 2.05) is 30.7 Å². The number of sulfonamides is 1. The zero-order chi connectivity index (χ0) is 16.9. The van der Waals surface area contributed by atoms with Gasteiger partial charge in [0.15, 0.2) is 0 Å². The molecule has 0 spiro atoms. The minimum absolute atomic E-state index is 0.0715. The Balaban J connectivity index is 2.20. The first kappa shape index (κ1) is 18.1. The number of thiophene rings is 1. The molecule has 4 nitrogen and oxygen atoms in total. The van der Waals surface area contributed by atoms with E-state index in [0.29, 0.717) is 0 Å². The Hall–Kier alpha value is -1.28. The highest BCUT2D eigenvalue weighted by Gasteiger charge is 2.23. The molecule has 2 aromatic rings. The molecule has 0 unspecified atom stereocenters. The zero-order valence-corrected chi connectivity index (χ0v) is 14.8. The maximum atomic E-state index is 13.7. The second-order valence-corrected chi connectivity index (χ2v) is 7.59. The van der Waals surface area contributed by atoms with Crippen molar-refractivity contribution >= 4 is 21.4 Å². The lowest BCUT2D eigenvalue weighted by atomic mass is 10.1. The number of likely N-dealkylation sites (N-methyl/N-ethyl adjacent to an activating group) is 1. The monoisotopic (exact) mass is 356 g/mol. The van der Waals surface area contributed by atoms with Crippen LogP contribution in [-0.4, -0.2) is 33.0 Å². The summed E-state index contributed by atoms with van der Waals surface area (Å²) in [5, 5.41) is 3.98. The Kier molecular flexibility index (Phi) is 6.29. The van der Waals surface area contributed by atoms with Crippen LogP contribution in [0.3, 0.4) is 0 Å². The highest BCUT2D eigenvalue weighted by Crippen LogP contribution is 2.23. The van der Waals surface area contributed by atoms with Crippen molar-refractivity contribution in [2.24, 2.45) is 0 Å². The molecule has 0 aliphatic carbocycles. The number of hydrogen-bond donors (Lipinski definition) is 1. The predicted molar refractivity (Wildman–Crippen MR) is 91.6 cm³/mol. The Labute approximate surface area is 141 Å². The quantitative estimate of drug-likeness (QED) is 0.790.